The van der Waals surface area contributed by atoms with Crippen molar-refractivity contribution < 1.29 is 0 Å². The molecule has 2 aromatic heterocycles. The van der Waals surface area contributed by atoms with Crippen LogP contribution in [0.1, 0.15) is 41.9 Å². The maximum atomic E-state index is 4.57. The summed E-state index contributed by atoms with van der Waals surface area (Å²) < 4.78 is 0. The highest BCUT2D eigenvalue weighted by Crippen LogP contribution is 2.23. The fourth-order valence-corrected chi connectivity index (χ4v) is 2.25. The summed E-state index contributed by atoms with van der Waals surface area (Å²) in [6.07, 6.45) is 4.84. The monoisotopic (exact) mass is 255 g/mol. The van der Waals surface area contributed by atoms with Gasteiger partial charge in [0.1, 0.15) is 0 Å². The van der Waals surface area contributed by atoms with E-state index in [1.54, 1.807) is 6.20 Å². The van der Waals surface area contributed by atoms with E-state index >= 15 is 0 Å². The average molecular weight is 255 g/mol. The van der Waals surface area contributed by atoms with Crippen LogP contribution in [-0.4, -0.2) is 16.5 Å². The first kappa shape index (κ1) is 13.7. The van der Waals surface area contributed by atoms with Crippen LogP contribution < -0.4 is 5.32 Å². The molecule has 100 valence electrons. The Morgan fingerprint density at radius 2 is 2.05 bits per heavy atom. The van der Waals surface area contributed by atoms with Crippen LogP contribution in [0, 0.1) is 13.8 Å². The lowest BCUT2D eigenvalue weighted by molar-refractivity contribution is 0.592. The van der Waals surface area contributed by atoms with E-state index in [2.05, 4.69) is 47.3 Å². The summed E-state index contributed by atoms with van der Waals surface area (Å²) >= 11 is 0. The normalized spacial score (nSPS) is 12.4. The van der Waals surface area contributed by atoms with E-state index in [-0.39, 0.29) is 6.04 Å². The molecule has 0 bridgehead atoms. The predicted molar refractivity (Wildman–Crippen MR) is 78.1 cm³/mol. The number of nitrogens with one attached hydrogen (secondary N) is 1. The molecule has 1 atom stereocenters. The first-order valence-electron chi connectivity index (χ1n) is 6.79. The lowest BCUT2D eigenvalue weighted by atomic mass is 9.98. The van der Waals surface area contributed by atoms with E-state index < -0.39 is 0 Å². The van der Waals surface area contributed by atoms with E-state index in [1.807, 2.05) is 19.2 Å². The summed E-state index contributed by atoms with van der Waals surface area (Å²) in [5, 5.41) is 3.58. The standard InChI is InChI=1S/C16H21N3/c1-4-9-18-16(14-6-5-10-17-11-14)15-8-7-12(2)19-13(15)3/h5-8,10-11,16,18H,4,9H2,1-3H3. The zero-order valence-electron chi connectivity index (χ0n) is 11.9. The molecule has 2 heterocycles. The van der Waals surface area contributed by atoms with Crippen molar-refractivity contribution in [1.82, 2.24) is 15.3 Å². The lowest BCUT2D eigenvalue weighted by Crippen LogP contribution is -2.24. The van der Waals surface area contributed by atoms with Crippen molar-refractivity contribution >= 4 is 0 Å². The predicted octanol–water partition coefficient (Wildman–Crippen LogP) is 3.18. The van der Waals surface area contributed by atoms with E-state index in [1.165, 1.54) is 11.1 Å². The highest BCUT2D eigenvalue weighted by atomic mass is 14.9. The third kappa shape index (κ3) is 3.38. The number of rotatable bonds is 5. The van der Waals surface area contributed by atoms with Crippen molar-refractivity contribution in [3.05, 3.63) is 59.2 Å². The largest absolute Gasteiger partial charge is 0.306 e. The van der Waals surface area contributed by atoms with Gasteiger partial charge >= 0.3 is 0 Å². The molecule has 0 radical (unpaired) electrons. The zero-order valence-corrected chi connectivity index (χ0v) is 11.9. The second-order valence-corrected chi connectivity index (χ2v) is 4.80. The summed E-state index contributed by atoms with van der Waals surface area (Å²) in [4.78, 5) is 8.79. The molecule has 0 saturated heterocycles. The van der Waals surface area contributed by atoms with Crippen molar-refractivity contribution in [2.45, 2.75) is 33.2 Å². The van der Waals surface area contributed by atoms with Crippen LogP contribution >= 0.6 is 0 Å². The Bertz CT molecular complexity index is 523. The molecule has 2 aromatic rings. The Labute approximate surface area is 115 Å². The van der Waals surface area contributed by atoms with Crippen LogP contribution in [-0.2, 0) is 0 Å². The number of hydrogen-bond acceptors (Lipinski definition) is 3. The summed E-state index contributed by atoms with van der Waals surface area (Å²) in [6.45, 7) is 7.25. The number of hydrogen-bond donors (Lipinski definition) is 1. The van der Waals surface area contributed by atoms with Gasteiger partial charge in [0, 0.05) is 23.8 Å². The van der Waals surface area contributed by atoms with Crippen molar-refractivity contribution in [3.63, 3.8) is 0 Å². The number of pyridine rings is 2. The van der Waals surface area contributed by atoms with E-state index in [0.29, 0.717) is 0 Å². The van der Waals surface area contributed by atoms with Crippen molar-refractivity contribution in [3.8, 4) is 0 Å². The molecule has 0 aliphatic heterocycles. The van der Waals surface area contributed by atoms with Gasteiger partial charge in [0.05, 0.1) is 6.04 Å². The highest BCUT2D eigenvalue weighted by molar-refractivity contribution is 5.33. The van der Waals surface area contributed by atoms with Crippen LogP contribution in [0.15, 0.2) is 36.7 Å². The molecule has 0 aromatic carbocycles. The molecule has 3 nitrogen and oxygen atoms in total. The molecule has 0 amide bonds. The quantitative estimate of drug-likeness (QED) is 0.891. The highest BCUT2D eigenvalue weighted by Gasteiger charge is 2.16. The second-order valence-electron chi connectivity index (χ2n) is 4.80. The topological polar surface area (TPSA) is 37.8 Å². The van der Waals surface area contributed by atoms with Crippen molar-refractivity contribution in [2.24, 2.45) is 0 Å². The van der Waals surface area contributed by atoms with Crippen LogP contribution in [0.25, 0.3) is 0 Å². The average Bonchev–Trinajstić information content (AvgIpc) is 2.42. The van der Waals surface area contributed by atoms with Gasteiger partial charge in [0.25, 0.3) is 0 Å². The number of aromatic nitrogens is 2. The van der Waals surface area contributed by atoms with Crippen molar-refractivity contribution in [2.75, 3.05) is 6.54 Å². The second kappa shape index (κ2) is 6.43. The molecule has 0 saturated carbocycles. The van der Waals surface area contributed by atoms with Crippen LogP contribution in [0.2, 0.25) is 0 Å². The smallest absolute Gasteiger partial charge is 0.0609 e. The van der Waals surface area contributed by atoms with Crippen LogP contribution in [0.3, 0.4) is 0 Å². The molecular weight excluding hydrogens is 234 g/mol. The lowest BCUT2D eigenvalue weighted by Gasteiger charge is -2.20. The maximum absolute atomic E-state index is 4.57. The molecule has 0 aliphatic rings. The fraction of sp³-hybridized carbons (Fsp3) is 0.375. The minimum atomic E-state index is 0.168. The minimum absolute atomic E-state index is 0.168. The number of nitrogens with zero attached hydrogens (tertiary/aromatic N) is 2. The third-order valence-electron chi connectivity index (χ3n) is 3.19. The van der Waals surface area contributed by atoms with Gasteiger partial charge in [-0.25, -0.2) is 0 Å². The summed E-state index contributed by atoms with van der Waals surface area (Å²) in [5.41, 5.74) is 4.55. The van der Waals surface area contributed by atoms with Gasteiger partial charge in [-0.1, -0.05) is 19.1 Å². The zero-order chi connectivity index (χ0) is 13.7. The molecule has 1 unspecified atom stereocenters. The minimum Gasteiger partial charge on any atom is -0.306 e. The van der Waals surface area contributed by atoms with Gasteiger partial charge in [-0.05, 0) is 50.1 Å². The molecule has 3 heteroatoms. The van der Waals surface area contributed by atoms with E-state index in [0.717, 1.165) is 24.4 Å². The first-order chi connectivity index (χ1) is 9.22. The Hall–Kier alpha value is -1.74. The summed E-state index contributed by atoms with van der Waals surface area (Å²) in [5.74, 6) is 0. The van der Waals surface area contributed by atoms with E-state index in [9.17, 15) is 0 Å². The maximum Gasteiger partial charge on any atom is 0.0609 e. The molecule has 1 N–H and O–H groups in total. The van der Waals surface area contributed by atoms with Gasteiger partial charge in [-0.15, -0.1) is 0 Å². The SMILES string of the molecule is CCCNC(c1cccnc1)c1ccc(C)nc1C. The fourth-order valence-electron chi connectivity index (χ4n) is 2.25. The Morgan fingerprint density at radius 1 is 1.21 bits per heavy atom. The Kier molecular flexibility index (Phi) is 4.63. The van der Waals surface area contributed by atoms with Gasteiger partial charge in [0.2, 0.25) is 0 Å². The van der Waals surface area contributed by atoms with E-state index in [4.69, 9.17) is 0 Å². The third-order valence-corrected chi connectivity index (χ3v) is 3.19. The van der Waals surface area contributed by atoms with Crippen LogP contribution in [0.5, 0.6) is 0 Å². The molecule has 0 aliphatic carbocycles. The molecule has 2 rings (SSSR count). The molecule has 0 fully saturated rings. The van der Waals surface area contributed by atoms with Gasteiger partial charge in [-0.3, -0.25) is 9.97 Å². The van der Waals surface area contributed by atoms with Gasteiger partial charge in [-0.2, -0.15) is 0 Å². The molecule has 0 spiro atoms. The van der Waals surface area contributed by atoms with Crippen molar-refractivity contribution in [1.29, 1.82) is 0 Å². The Morgan fingerprint density at radius 3 is 2.68 bits per heavy atom. The molecule has 19 heavy (non-hydrogen) atoms. The number of aryl methyl sites for hydroxylation is 2. The molecular formula is C16H21N3. The van der Waals surface area contributed by atoms with Gasteiger partial charge in [0.15, 0.2) is 0 Å². The Balaban J connectivity index is 2.37. The first-order valence-corrected chi connectivity index (χ1v) is 6.79. The van der Waals surface area contributed by atoms with Crippen LogP contribution in [0.4, 0.5) is 0 Å². The summed E-state index contributed by atoms with van der Waals surface area (Å²) in [6, 6.07) is 8.49. The van der Waals surface area contributed by atoms with Gasteiger partial charge < -0.3 is 5.32 Å². The summed E-state index contributed by atoms with van der Waals surface area (Å²) in [7, 11) is 0.